The predicted molar refractivity (Wildman–Crippen MR) is 42.0 cm³/mol. The first-order valence-corrected chi connectivity index (χ1v) is 3.09. The topological polar surface area (TPSA) is 50.9 Å². The minimum absolute atomic E-state index is 0.521. The maximum Gasteiger partial charge on any atom is 0.147 e. The molecule has 4 heteroatoms. The van der Waals surface area contributed by atoms with E-state index in [1.54, 1.807) is 6.20 Å². The van der Waals surface area contributed by atoms with Gasteiger partial charge in [0, 0.05) is 6.20 Å². The summed E-state index contributed by atoms with van der Waals surface area (Å²) in [5.74, 6) is 0.521. The molecule has 0 aromatic carbocycles. The van der Waals surface area contributed by atoms with E-state index in [2.05, 4.69) is 19.5 Å². The number of rotatable bonds is 1. The minimum Gasteiger partial charge on any atom is -0.382 e. The second kappa shape index (κ2) is 2.65. The summed E-state index contributed by atoms with van der Waals surface area (Å²) in [6.45, 7) is 0. The summed E-state index contributed by atoms with van der Waals surface area (Å²) < 4.78 is 0. The van der Waals surface area contributed by atoms with Gasteiger partial charge in [0.2, 0.25) is 0 Å². The van der Waals surface area contributed by atoms with Gasteiger partial charge in [0.1, 0.15) is 5.82 Å². The number of aromatic nitrogens is 1. The number of nitrogen functional groups attached to an aromatic ring is 1. The monoisotopic (exact) mass is 141 g/mol. The Hall–Kier alpha value is -0.820. The number of nitrogens with one attached hydrogen (secondary N) is 1. The number of hydrogen-bond acceptors (Lipinski definition) is 3. The van der Waals surface area contributed by atoms with Gasteiger partial charge in [0.25, 0.3) is 0 Å². The Kier molecular flexibility index (Phi) is 1.85. The van der Waals surface area contributed by atoms with Crippen LogP contribution in [0.5, 0.6) is 0 Å². The smallest absolute Gasteiger partial charge is 0.147 e. The maximum absolute atomic E-state index is 5.44. The zero-order chi connectivity index (χ0) is 6.69. The molecule has 1 rings (SSSR count). The molecule has 0 bridgehead atoms. The van der Waals surface area contributed by atoms with Crippen molar-refractivity contribution >= 4 is 20.9 Å². The lowest BCUT2D eigenvalue weighted by Gasteiger charge is -1.99. The first-order valence-electron chi connectivity index (χ1n) is 2.51. The standard InChI is InChI=1S/C5H8N3P/c6-5-4(8-9)2-1-3-7-5/h1-3,8H,9H2,(H2,6,7). The molecule has 0 saturated carbocycles. The Morgan fingerprint density at radius 1 is 1.67 bits per heavy atom. The van der Waals surface area contributed by atoms with Crippen LogP contribution in [0.2, 0.25) is 0 Å². The molecule has 0 amide bonds. The number of pyridine rings is 1. The van der Waals surface area contributed by atoms with Gasteiger partial charge in [-0.25, -0.2) is 4.98 Å². The molecule has 3 N–H and O–H groups in total. The average molecular weight is 141 g/mol. The summed E-state index contributed by atoms with van der Waals surface area (Å²) in [6.07, 6.45) is 1.65. The van der Waals surface area contributed by atoms with Crippen molar-refractivity contribution in [2.45, 2.75) is 0 Å². The second-order valence-electron chi connectivity index (χ2n) is 1.58. The maximum atomic E-state index is 5.44. The largest absolute Gasteiger partial charge is 0.382 e. The highest BCUT2D eigenvalue weighted by atomic mass is 31.0. The molecule has 1 atom stereocenters. The van der Waals surface area contributed by atoms with Crippen LogP contribution in [-0.2, 0) is 0 Å². The number of nitrogens with two attached hydrogens (primary N) is 1. The highest BCUT2D eigenvalue weighted by Crippen LogP contribution is 2.14. The van der Waals surface area contributed by atoms with Crippen molar-refractivity contribution < 1.29 is 0 Å². The highest BCUT2D eigenvalue weighted by molar-refractivity contribution is 7.18. The molecule has 0 aliphatic heterocycles. The fraction of sp³-hybridized carbons (Fsp3) is 0. The van der Waals surface area contributed by atoms with Gasteiger partial charge in [0.05, 0.1) is 5.69 Å². The third-order valence-electron chi connectivity index (χ3n) is 0.994. The quantitative estimate of drug-likeness (QED) is 0.570. The normalized spacial score (nSPS) is 9.00. The van der Waals surface area contributed by atoms with Crippen molar-refractivity contribution in [2.24, 2.45) is 0 Å². The van der Waals surface area contributed by atoms with Crippen molar-refractivity contribution in [3.05, 3.63) is 18.3 Å². The van der Waals surface area contributed by atoms with Crippen LogP contribution in [0.3, 0.4) is 0 Å². The first-order chi connectivity index (χ1) is 4.34. The Labute approximate surface area is 55.9 Å². The summed E-state index contributed by atoms with van der Waals surface area (Å²) >= 11 is 0. The molecule has 48 valence electrons. The number of anilines is 2. The van der Waals surface area contributed by atoms with E-state index < -0.39 is 0 Å². The second-order valence-corrected chi connectivity index (χ2v) is 1.87. The van der Waals surface area contributed by atoms with Gasteiger partial charge in [0.15, 0.2) is 0 Å². The van der Waals surface area contributed by atoms with Crippen LogP contribution in [0.15, 0.2) is 18.3 Å². The molecule has 3 nitrogen and oxygen atoms in total. The van der Waals surface area contributed by atoms with Crippen LogP contribution in [0.25, 0.3) is 0 Å². The first kappa shape index (κ1) is 6.30. The van der Waals surface area contributed by atoms with E-state index in [1.807, 2.05) is 12.1 Å². The Morgan fingerprint density at radius 2 is 2.44 bits per heavy atom. The summed E-state index contributed by atoms with van der Waals surface area (Å²) in [5.41, 5.74) is 6.28. The molecule has 1 aromatic rings. The lowest BCUT2D eigenvalue weighted by molar-refractivity contribution is 1.34. The molecule has 1 unspecified atom stereocenters. The van der Waals surface area contributed by atoms with Crippen LogP contribution in [0, 0.1) is 0 Å². The van der Waals surface area contributed by atoms with E-state index in [0.29, 0.717) is 5.82 Å². The third-order valence-corrected chi connectivity index (χ3v) is 1.31. The highest BCUT2D eigenvalue weighted by Gasteiger charge is 1.91. The SMILES string of the molecule is Nc1ncccc1NP. The summed E-state index contributed by atoms with van der Waals surface area (Å²) in [6, 6.07) is 3.68. The zero-order valence-electron chi connectivity index (χ0n) is 4.83. The fourth-order valence-corrected chi connectivity index (χ4v) is 0.784. The van der Waals surface area contributed by atoms with Gasteiger partial charge in [-0.05, 0) is 21.5 Å². The summed E-state index contributed by atoms with van der Waals surface area (Å²) in [4.78, 5) is 3.85. The van der Waals surface area contributed by atoms with Gasteiger partial charge in [-0.1, -0.05) is 0 Å². The van der Waals surface area contributed by atoms with Crippen molar-refractivity contribution in [1.29, 1.82) is 0 Å². The lowest BCUT2D eigenvalue weighted by atomic mass is 10.4. The Morgan fingerprint density at radius 3 is 2.89 bits per heavy atom. The molecule has 0 radical (unpaired) electrons. The molecule has 0 aliphatic rings. The van der Waals surface area contributed by atoms with Crippen molar-refractivity contribution in [3.8, 4) is 0 Å². The Balaban J connectivity index is 3.01. The minimum atomic E-state index is 0.521. The van der Waals surface area contributed by atoms with E-state index in [-0.39, 0.29) is 0 Å². The van der Waals surface area contributed by atoms with Gasteiger partial charge in [-0.2, -0.15) is 0 Å². The van der Waals surface area contributed by atoms with Crippen molar-refractivity contribution in [2.75, 3.05) is 10.8 Å². The third kappa shape index (κ3) is 1.30. The molecular weight excluding hydrogens is 133 g/mol. The Bertz CT molecular complexity index is 201. The van der Waals surface area contributed by atoms with Crippen LogP contribution in [-0.4, -0.2) is 4.98 Å². The van der Waals surface area contributed by atoms with Crippen LogP contribution >= 0.6 is 9.39 Å². The molecule has 0 aliphatic carbocycles. The van der Waals surface area contributed by atoms with E-state index >= 15 is 0 Å². The van der Waals surface area contributed by atoms with Crippen LogP contribution in [0.1, 0.15) is 0 Å². The average Bonchev–Trinajstić information content (AvgIpc) is 1.89. The van der Waals surface area contributed by atoms with E-state index in [4.69, 9.17) is 5.73 Å². The molecular formula is C5H8N3P. The predicted octanol–water partition coefficient (Wildman–Crippen LogP) is 0.866. The fourth-order valence-electron chi connectivity index (χ4n) is 0.540. The van der Waals surface area contributed by atoms with Crippen molar-refractivity contribution in [1.82, 2.24) is 4.98 Å². The van der Waals surface area contributed by atoms with Crippen LogP contribution < -0.4 is 10.8 Å². The lowest BCUT2D eigenvalue weighted by Crippen LogP contribution is -1.92. The van der Waals surface area contributed by atoms with Gasteiger partial charge in [-0.3, -0.25) is 0 Å². The van der Waals surface area contributed by atoms with E-state index in [1.165, 1.54) is 0 Å². The molecule has 1 heterocycles. The molecule has 0 fully saturated rings. The molecule has 0 spiro atoms. The van der Waals surface area contributed by atoms with E-state index in [9.17, 15) is 0 Å². The summed E-state index contributed by atoms with van der Waals surface area (Å²) in [7, 11) is 2.36. The van der Waals surface area contributed by atoms with Gasteiger partial charge in [-0.15, -0.1) is 0 Å². The van der Waals surface area contributed by atoms with Crippen LogP contribution in [0.4, 0.5) is 11.5 Å². The molecule has 9 heavy (non-hydrogen) atoms. The molecule has 0 saturated heterocycles. The zero-order valence-corrected chi connectivity index (χ0v) is 5.99. The van der Waals surface area contributed by atoms with Gasteiger partial charge >= 0.3 is 0 Å². The number of hydrogen-bond donors (Lipinski definition) is 2. The molecule has 1 aromatic heterocycles. The van der Waals surface area contributed by atoms with E-state index in [0.717, 1.165) is 5.69 Å². The summed E-state index contributed by atoms with van der Waals surface area (Å²) in [5, 5.41) is 2.82. The van der Waals surface area contributed by atoms with Crippen molar-refractivity contribution in [3.63, 3.8) is 0 Å². The van der Waals surface area contributed by atoms with Gasteiger partial charge < -0.3 is 10.8 Å². The number of nitrogens with zero attached hydrogens (tertiary/aromatic N) is 1.